The molecule has 1 fully saturated rings. The zero-order valence-corrected chi connectivity index (χ0v) is 12.0. The van der Waals surface area contributed by atoms with E-state index in [-0.39, 0.29) is 0 Å². The molecule has 0 aliphatic heterocycles. The summed E-state index contributed by atoms with van der Waals surface area (Å²) in [6.45, 7) is 0. The van der Waals surface area contributed by atoms with E-state index in [1.54, 1.807) is 11.3 Å². The number of nitrogens with two attached hydrogens (primary N) is 1. The second-order valence-electron chi connectivity index (χ2n) is 5.32. The molecule has 1 aliphatic carbocycles. The normalized spacial score (nSPS) is 17.3. The van der Waals surface area contributed by atoms with E-state index in [9.17, 15) is 0 Å². The fraction of sp³-hybridized carbons (Fsp3) is 0.438. The van der Waals surface area contributed by atoms with Crippen LogP contribution < -0.4 is 5.73 Å². The van der Waals surface area contributed by atoms with Gasteiger partial charge < -0.3 is 5.73 Å². The van der Waals surface area contributed by atoms with Crippen molar-refractivity contribution in [3.8, 4) is 10.6 Å². The summed E-state index contributed by atoms with van der Waals surface area (Å²) in [5.41, 5.74) is 8.55. The predicted molar refractivity (Wildman–Crippen MR) is 82.4 cm³/mol. The third kappa shape index (κ3) is 2.81. The van der Waals surface area contributed by atoms with Gasteiger partial charge in [0.15, 0.2) is 0 Å². The minimum Gasteiger partial charge on any atom is -0.389 e. The molecule has 1 aromatic heterocycles. The molecule has 0 radical (unpaired) electrons. The maximum Gasteiger partial charge on any atom is 0.125 e. The van der Waals surface area contributed by atoms with E-state index in [1.165, 1.54) is 44.1 Å². The third-order valence-corrected chi connectivity index (χ3v) is 4.89. The number of thiazole rings is 1. The Balaban J connectivity index is 1.88. The molecule has 0 unspecified atom stereocenters. The van der Waals surface area contributed by atoms with Crippen molar-refractivity contribution < 1.29 is 0 Å². The highest BCUT2D eigenvalue weighted by Crippen LogP contribution is 2.39. The SMILES string of the molecule is Nc1sc(-c2ccccc2)nc1C1CCCCCC1. The van der Waals surface area contributed by atoms with Gasteiger partial charge in [-0.3, -0.25) is 0 Å². The highest BCUT2D eigenvalue weighted by molar-refractivity contribution is 7.18. The van der Waals surface area contributed by atoms with E-state index in [1.807, 2.05) is 6.07 Å². The molecule has 2 N–H and O–H groups in total. The molecule has 2 nitrogen and oxygen atoms in total. The fourth-order valence-electron chi connectivity index (χ4n) is 2.89. The Morgan fingerprint density at radius 2 is 1.68 bits per heavy atom. The molecular weight excluding hydrogens is 252 g/mol. The van der Waals surface area contributed by atoms with Crippen molar-refractivity contribution in [1.82, 2.24) is 4.98 Å². The first kappa shape index (κ1) is 12.7. The van der Waals surface area contributed by atoms with Gasteiger partial charge in [0.05, 0.1) is 5.69 Å². The third-order valence-electron chi connectivity index (χ3n) is 3.94. The van der Waals surface area contributed by atoms with Crippen LogP contribution in [0.15, 0.2) is 30.3 Å². The molecule has 0 atom stereocenters. The van der Waals surface area contributed by atoms with Gasteiger partial charge in [0.2, 0.25) is 0 Å². The summed E-state index contributed by atoms with van der Waals surface area (Å²) in [4.78, 5) is 4.84. The van der Waals surface area contributed by atoms with E-state index in [4.69, 9.17) is 10.7 Å². The van der Waals surface area contributed by atoms with Gasteiger partial charge in [-0.2, -0.15) is 0 Å². The van der Waals surface area contributed by atoms with E-state index < -0.39 is 0 Å². The summed E-state index contributed by atoms with van der Waals surface area (Å²) in [7, 11) is 0. The molecule has 0 saturated heterocycles. The molecule has 1 heterocycles. The van der Waals surface area contributed by atoms with Gasteiger partial charge in [0.25, 0.3) is 0 Å². The van der Waals surface area contributed by atoms with Crippen LogP contribution in [0.3, 0.4) is 0 Å². The molecular formula is C16H20N2S. The fourth-order valence-corrected chi connectivity index (χ4v) is 3.82. The molecule has 0 spiro atoms. The average molecular weight is 272 g/mol. The number of hydrogen-bond acceptors (Lipinski definition) is 3. The van der Waals surface area contributed by atoms with E-state index in [0.29, 0.717) is 5.92 Å². The minimum atomic E-state index is 0.580. The Morgan fingerprint density at radius 3 is 2.37 bits per heavy atom. The quantitative estimate of drug-likeness (QED) is 0.795. The number of nitrogens with zero attached hydrogens (tertiary/aromatic N) is 1. The van der Waals surface area contributed by atoms with Crippen molar-refractivity contribution in [1.29, 1.82) is 0 Å². The lowest BCUT2D eigenvalue weighted by Crippen LogP contribution is -2.01. The van der Waals surface area contributed by atoms with Crippen LogP contribution in [0.2, 0.25) is 0 Å². The number of nitrogen functional groups attached to an aromatic ring is 1. The zero-order chi connectivity index (χ0) is 13.1. The maximum atomic E-state index is 6.22. The summed E-state index contributed by atoms with van der Waals surface area (Å²) >= 11 is 1.63. The van der Waals surface area contributed by atoms with Gasteiger partial charge in [-0.1, -0.05) is 67.4 Å². The van der Waals surface area contributed by atoms with Crippen molar-refractivity contribution in [3.05, 3.63) is 36.0 Å². The second kappa shape index (κ2) is 5.74. The Morgan fingerprint density at radius 1 is 1.00 bits per heavy atom. The zero-order valence-electron chi connectivity index (χ0n) is 11.1. The molecule has 0 amide bonds. The Kier molecular flexibility index (Phi) is 3.83. The molecule has 100 valence electrons. The lowest BCUT2D eigenvalue weighted by atomic mass is 9.97. The summed E-state index contributed by atoms with van der Waals surface area (Å²) in [5.74, 6) is 0.580. The molecule has 1 saturated carbocycles. The number of aromatic nitrogens is 1. The van der Waals surface area contributed by atoms with E-state index >= 15 is 0 Å². The van der Waals surface area contributed by atoms with Crippen LogP contribution in [0.5, 0.6) is 0 Å². The molecule has 1 aliphatic rings. The molecule has 1 aromatic carbocycles. The number of benzene rings is 1. The van der Waals surface area contributed by atoms with Crippen molar-refractivity contribution >= 4 is 16.3 Å². The first-order valence-corrected chi connectivity index (χ1v) is 7.98. The van der Waals surface area contributed by atoms with Crippen LogP contribution in [-0.4, -0.2) is 4.98 Å². The monoisotopic (exact) mass is 272 g/mol. The van der Waals surface area contributed by atoms with Gasteiger partial charge in [0.1, 0.15) is 10.0 Å². The number of hydrogen-bond donors (Lipinski definition) is 1. The van der Waals surface area contributed by atoms with Crippen molar-refractivity contribution in [2.24, 2.45) is 0 Å². The van der Waals surface area contributed by atoms with Crippen LogP contribution >= 0.6 is 11.3 Å². The second-order valence-corrected chi connectivity index (χ2v) is 6.35. The van der Waals surface area contributed by atoms with Crippen LogP contribution in [0.1, 0.15) is 50.1 Å². The highest BCUT2D eigenvalue weighted by atomic mass is 32.1. The molecule has 19 heavy (non-hydrogen) atoms. The number of anilines is 1. The summed E-state index contributed by atoms with van der Waals surface area (Å²) in [5, 5.41) is 1.99. The maximum absolute atomic E-state index is 6.22. The molecule has 3 rings (SSSR count). The van der Waals surface area contributed by atoms with Crippen LogP contribution in [0, 0.1) is 0 Å². The van der Waals surface area contributed by atoms with E-state index in [2.05, 4.69) is 24.3 Å². The average Bonchev–Trinajstić information content (AvgIpc) is 2.66. The highest BCUT2D eigenvalue weighted by Gasteiger charge is 2.21. The van der Waals surface area contributed by atoms with Crippen LogP contribution in [0.25, 0.3) is 10.6 Å². The summed E-state index contributed by atoms with van der Waals surface area (Å²) < 4.78 is 0. The topological polar surface area (TPSA) is 38.9 Å². The van der Waals surface area contributed by atoms with Gasteiger partial charge in [-0.05, 0) is 12.8 Å². The minimum absolute atomic E-state index is 0.580. The lowest BCUT2D eigenvalue weighted by Gasteiger charge is -2.11. The molecule has 2 aromatic rings. The number of rotatable bonds is 2. The molecule has 3 heteroatoms. The van der Waals surface area contributed by atoms with Crippen molar-refractivity contribution in [2.45, 2.75) is 44.4 Å². The smallest absolute Gasteiger partial charge is 0.125 e. The van der Waals surface area contributed by atoms with Crippen LogP contribution in [0.4, 0.5) is 5.00 Å². The standard InChI is InChI=1S/C16H20N2S/c17-15-14(12-8-4-1-2-5-9-12)18-16(19-15)13-10-6-3-7-11-13/h3,6-7,10-12H,1-2,4-5,8-9,17H2. The Bertz CT molecular complexity index is 525. The van der Waals surface area contributed by atoms with Crippen molar-refractivity contribution in [3.63, 3.8) is 0 Å². The summed E-state index contributed by atoms with van der Waals surface area (Å²) in [6.07, 6.45) is 7.88. The van der Waals surface area contributed by atoms with Gasteiger partial charge in [0, 0.05) is 11.5 Å². The van der Waals surface area contributed by atoms with Gasteiger partial charge in [-0.15, -0.1) is 0 Å². The van der Waals surface area contributed by atoms with Gasteiger partial charge in [-0.25, -0.2) is 4.98 Å². The largest absolute Gasteiger partial charge is 0.389 e. The Labute approximate surface area is 118 Å². The van der Waals surface area contributed by atoms with E-state index in [0.717, 1.165) is 15.7 Å². The van der Waals surface area contributed by atoms with Gasteiger partial charge >= 0.3 is 0 Å². The lowest BCUT2D eigenvalue weighted by molar-refractivity contribution is 0.582. The molecule has 0 bridgehead atoms. The Hall–Kier alpha value is -1.35. The van der Waals surface area contributed by atoms with Crippen molar-refractivity contribution in [2.75, 3.05) is 5.73 Å². The first-order chi connectivity index (χ1) is 9.34. The van der Waals surface area contributed by atoms with Crippen LogP contribution in [-0.2, 0) is 0 Å². The summed E-state index contributed by atoms with van der Waals surface area (Å²) in [6, 6.07) is 10.4. The predicted octanol–water partition coefficient (Wildman–Crippen LogP) is 4.83. The first-order valence-electron chi connectivity index (χ1n) is 7.16.